The van der Waals surface area contributed by atoms with Crippen LogP contribution in [0.25, 0.3) is 0 Å². The fraction of sp³-hybridized carbons (Fsp3) is 0.875. The molecule has 0 unspecified atom stereocenters. The fourth-order valence-electron chi connectivity index (χ4n) is 3.55. The van der Waals surface area contributed by atoms with Gasteiger partial charge in [0, 0.05) is 25.6 Å². The Morgan fingerprint density at radius 3 is 2.86 bits per heavy atom. The van der Waals surface area contributed by atoms with Crippen molar-refractivity contribution in [1.29, 1.82) is 0 Å². The summed E-state index contributed by atoms with van der Waals surface area (Å²) in [6.45, 7) is 9.25. The molecule has 0 spiro atoms. The zero-order chi connectivity index (χ0) is 14.7. The molecule has 0 aromatic carbocycles. The Hall–Kier alpha value is -0.940. The highest BCUT2D eigenvalue weighted by molar-refractivity contribution is 4.96. The van der Waals surface area contributed by atoms with E-state index in [9.17, 15) is 0 Å². The van der Waals surface area contributed by atoms with Crippen molar-refractivity contribution in [3.63, 3.8) is 0 Å². The van der Waals surface area contributed by atoms with E-state index in [-0.39, 0.29) is 6.04 Å². The molecule has 3 rings (SSSR count). The smallest absolute Gasteiger partial charge is 0.243 e. The minimum absolute atomic E-state index is 0.250. The third-order valence-corrected chi connectivity index (χ3v) is 4.99. The average molecular weight is 292 g/mol. The van der Waals surface area contributed by atoms with Crippen LogP contribution in [0.15, 0.2) is 4.52 Å². The van der Waals surface area contributed by atoms with E-state index >= 15 is 0 Å². The second kappa shape index (κ2) is 6.88. The number of rotatable bonds is 6. The third kappa shape index (κ3) is 3.46. The number of aromatic nitrogens is 2. The minimum atomic E-state index is 0.250. The molecular formula is C16H28N4O. The topological polar surface area (TPSA) is 45.4 Å². The molecule has 2 aliphatic heterocycles. The van der Waals surface area contributed by atoms with Gasteiger partial charge in [0.2, 0.25) is 5.89 Å². The number of hydrogen-bond donors (Lipinski definition) is 0. The normalized spacial score (nSPS) is 25.7. The summed E-state index contributed by atoms with van der Waals surface area (Å²) in [5, 5.41) is 4.12. The number of nitrogens with zero attached hydrogens (tertiary/aromatic N) is 4. The highest BCUT2D eigenvalue weighted by atomic mass is 16.5. The second-order valence-electron chi connectivity index (χ2n) is 6.51. The van der Waals surface area contributed by atoms with Gasteiger partial charge in [0.15, 0.2) is 5.82 Å². The van der Waals surface area contributed by atoms with Crippen molar-refractivity contribution < 1.29 is 4.52 Å². The van der Waals surface area contributed by atoms with Crippen LogP contribution in [0, 0.1) is 0 Å². The Morgan fingerprint density at radius 1 is 1.29 bits per heavy atom. The Bertz CT molecular complexity index is 441. The van der Waals surface area contributed by atoms with Gasteiger partial charge in [-0.2, -0.15) is 4.98 Å². The minimum Gasteiger partial charge on any atom is -0.338 e. The molecule has 3 heterocycles. The quantitative estimate of drug-likeness (QED) is 0.806. The Morgan fingerprint density at radius 2 is 2.10 bits per heavy atom. The predicted octanol–water partition coefficient (Wildman–Crippen LogP) is 2.64. The van der Waals surface area contributed by atoms with E-state index in [1.54, 1.807) is 0 Å². The summed E-state index contributed by atoms with van der Waals surface area (Å²) in [6.07, 6.45) is 7.26. The molecule has 0 bridgehead atoms. The maximum Gasteiger partial charge on any atom is 0.243 e. The summed E-state index contributed by atoms with van der Waals surface area (Å²) in [7, 11) is 0. The fourth-order valence-corrected chi connectivity index (χ4v) is 3.55. The molecule has 5 nitrogen and oxygen atoms in total. The van der Waals surface area contributed by atoms with Gasteiger partial charge in [-0.15, -0.1) is 0 Å². The molecule has 2 atom stereocenters. The van der Waals surface area contributed by atoms with Crippen molar-refractivity contribution in [2.45, 2.75) is 64.5 Å². The molecule has 0 radical (unpaired) electrons. The van der Waals surface area contributed by atoms with Gasteiger partial charge in [-0.05, 0) is 45.7 Å². The van der Waals surface area contributed by atoms with Crippen molar-refractivity contribution in [3.05, 3.63) is 11.7 Å². The van der Waals surface area contributed by atoms with Crippen LogP contribution in [-0.2, 0) is 6.42 Å². The Balaban J connectivity index is 1.55. The lowest BCUT2D eigenvalue weighted by Gasteiger charge is -2.25. The lowest BCUT2D eigenvalue weighted by atomic mass is 10.2. The molecule has 0 aliphatic carbocycles. The van der Waals surface area contributed by atoms with E-state index in [1.807, 2.05) is 0 Å². The van der Waals surface area contributed by atoms with Gasteiger partial charge in [-0.25, -0.2) is 0 Å². The van der Waals surface area contributed by atoms with Crippen molar-refractivity contribution in [2.24, 2.45) is 0 Å². The average Bonchev–Trinajstić information content (AvgIpc) is 3.24. The summed E-state index contributed by atoms with van der Waals surface area (Å²) in [4.78, 5) is 9.74. The van der Waals surface area contributed by atoms with Crippen LogP contribution >= 0.6 is 0 Å². The van der Waals surface area contributed by atoms with Crippen molar-refractivity contribution in [1.82, 2.24) is 19.9 Å². The van der Waals surface area contributed by atoms with Crippen LogP contribution in [0.1, 0.15) is 63.7 Å². The van der Waals surface area contributed by atoms with Crippen molar-refractivity contribution >= 4 is 0 Å². The molecule has 118 valence electrons. The molecule has 5 heteroatoms. The van der Waals surface area contributed by atoms with E-state index in [0.717, 1.165) is 43.7 Å². The SMILES string of the molecule is CCCCc1noc([C@@H](C)N2CC[C@H](N3CCCC3)C2)n1. The summed E-state index contributed by atoms with van der Waals surface area (Å²) < 4.78 is 5.48. The number of aryl methyl sites for hydroxylation is 1. The van der Waals surface area contributed by atoms with Gasteiger partial charge in [-0.3, -0.25) is 9.80 Å². The Kier molecular flexibility index (Phi) is 4.91. The number of unbranched alkanes of at least 4 members (excludes halogenated alkanes) is 1. The maximum absolute atomic E-state index is 5.48. The van der Waals surface area contributed by atoms with E-state index in [0.29, 0.717) is 0 Å². The molecule has 1 aromatic rings. The lowest BCUT2D eigenvalue weighted by Crippen LogP contribution is -2.36. The van der Waals surface area contributed by atoms with Gasteiger partial charge in [0.25, 0.3) is 0 Å². The highest BCUT2D eigenvalue weighted by Crippen LogP contribution is 2.27. The first-order chi connectivity index (χ1) is 10.3. The molecule has 21 heavy (non-hydrogen) atoms. The first-order valence-electron chi connectivity index (χ1n) is 8.58. The number of hydrogen-bond acceptors (Lipinski definition) is 5. The van der Waals surface area contributed by atoms with Crippen LogP contribution < -0.4 is 0 Å². The molecule has 0 amide bonds. The molecule has 1 aromatic heterocycles. The molecule has 2 aliphatic rings. The van der Waals surface area contributed by atoms with Crippen LogP contribution in [0.2, 0.25) is 0 Å². The van der Waals surface area contributed by atoms with Crippen LogP contribution in [0.3, 0.4) is 0 Å². The van der Waals surface area contributed by atoms with Gasteiger partial charge in [-0.1, -0.05) is 18.5 Å². The molecular weight excluding hydrogens is 264 g/mol. The zero-order valence-corrected chi connectivity index (χ0v) is 13.4. The summed E-state index contributed by atoms with van der Waals surface area (Å²) in [6, 6.07) is 0.984. The second-order valence-corrected chi connectivity index (χ2v) is 6.51. The van der Waals surface area contributed by atoms with Gasteiger partial charge >= 0.3 is 0 Å². The van der Waals surface area contributed by atoms with Gasteiger partial charge in [0.1, 0.15) is 0 Å². The molecule has 2 fully saturated rings. The van der Waals surface area contributed by atoms with Crippen molar-refractivity contribution in [3.8, 4) is 0 Å². The van der Waals surface area contributed by atoms with Crippen LogP contribution in [-0.4, -0.2) is 52.2 Å². The first-order valence-corrected chi connectivity index (χ1v) is 8.58. The van der Waals surface area contributed by atoms with E-state index in [4.69, 9.17) is 4.52 Å². The van der Waals surface area contributed by atoms with E-state index in [2.05, 4.69) is 33.8 Å². The lowest BCUT2D eigenvalue weighted by molar-refractivity contribution is 0.182. The number of likely N-dealkylation sites (tertiary alicyclic amines) is 2. The van der Waals surface area contributed by atoms with Crippen molar-refractivity contribution in [2.75, 3.05) is 26.2 Å². The Labute approximate surface area is 127 Å². The van der Waals surface area contributed by atoms with Gasteiger partial charge in [0.05, 0.1) is 6.04 Å². The maximum atomic E-state index is 5.48. The molecule has 2 saturated heterocycles. The monoisotopic (exact) mass is 292 g/mol. The summed E-state index contributed by atoms with van der Waals surface area (Å²) in [5.74, 6) is 1.66. The zero-order valence-electron chi connectivity index (χ0n) is 13.4. The highest BCUT2D eigenvalue weighted by Gasteiger charge is 2.33. The standard InChI is InChI=1S/C16H28N4O/c1-3-4-7-15-17-16(21-18-15)13(2)20-11-8-14(12-20)19-9-5-6-10-19/h13-14H,3-12H2,1-2H3/t13-,14+/m1/s1. The summed E-state index contributed by atoms with van der Waals surface area (Å²) >= 11 is 0. The predicted molar refractivity (Wildman–Crippen MR) is 82.1 cm³/mol. The van der Waals surface area contributed by atoms with Crippen LogP contribution in [0.4, 0.5) is 0 Å². The third-order valence-electron chi connectivity index (χ3n) is 4.99. The first kappa shape index (κ1) is 15.0. The van der Waals surface area contributed by atoms with E-state index < -0.39 is 0 Å². The van der Waals surface area contributed by atoms with E-state index in [1.165, 1.54) is 38.8 Å². The molecule has 0 N–H and O–H groups in total. The largest absolute Gasteiger partial charge is 0.338 e. The van der Waals surface area contributed by atoms with Gasteiger partial charge < -0.3 is 4.52 Å². The van der Waals surface area contributed by atoms with Crippen LogP contribution in [0.5, 0.6) is 0 Å². The molecule has 0 saturated carbocycles. The summed E-state index contributed by atoms with van der Waals surface area (Å²) in [5.41, 5.74) is 0.